The Labute approximate surface area is 192 Å². The zero-order valence-electron chi connectivity index (χ0n) is 17.8. The van der Waals surface area contributed by atoms with Crippen molar-refractivity contribution in [3.05, 3.63) is 76.8 Å². The van der Waals surface area contributed by atoms with Crippen LogP contribution in [0.5, 0.6) is 11.5 Å². The van der Waals surface area contributed by atoms with Gasteiger partial charge in [0.1, 0.15) is 11.5 Å². The summed E-state index contributed by atoms with van der Waals surface area (Å²) in [6.45, 7) is 1.71. The van der Waals surface area contributed by atoms with Crippen molar-refractivity contribution in [1.29, 1.82) is 0 Å². The predicted molar refractivity (Wildman–Crippen MR) is 126 cm³/mol. The molecule has 0 unspecified atom stereocenters. The Morgan fingerprint density at radius 3 is 2.31 bits per heavy atom. The lowest BCUT2D eigenvalue weighted by atomic mass is 10.2. The molecule has 0 aliphatic heterocycles. The molecule has 0 atom stereocenters. The van der Waals surface area contributed by atoms with Crippen LogP contribution in [0.15, 0.2) is 65.6 Å². The average molecular weight is 475 g/mol. The smallest absolute Gasteiger partial charge is 0.323 e. The minimum atomic E-state index is -3.65. The lowest BCUT2D eigenvalue weighted by Gasteiger charge is -2.14. The molecule has 0 aliphatic carbocycles. The number of ether oxygens (including phenoxy) is 2. The quantitative estimate of drug-likeness (QED) is 0.485. The second-order valence-corrected chi connectivity index (χ2v) is 9.41. The molecule has 0 saturated heterocycles. The molecular formula is C23H23ClN2O5S. The maximum absolute atomic E-state index is 13.0. The average Bonchev–Trinajstić information content (AvgIpc) is 2.76. The van der Waals surface area contributed by atoms with Crippen LogP contribution in [0.3, 0.4) is 0 Å². The first kappa shape index (κ1) is 23.4. The van der Waals surface area contributed by atoms with Crippen molar-refractivity contribution >= 4 is 38.8 Å². The first-order valence-electron chi connectivity index (χ1n) is 9.59. The van der Waals surface area contributed by atoms with E-state index in [0.717, 1.165) is 0 Å². The summed E-state index contributed by atoms with van der Waals surface area (Å²) in [6.07, 6.45) is 0. The van der Waals surface area contributed by atoms with Crippen LogP contribution in [0.1, 0.15) is 11.1 Å². The summed E-state index contributed by atoms with van der Waals surface area (Å²) in [5, 5.41) is 5.88. The molecule has 0 aromatic heterocycles. The van der Waals surface area contributed by atoms with Gasteiger partial charge < -0.3 is 20.1 Å². The van der Waals surface area contributed by atoms with Crippen molar-refractivity contribution in [1.82, 2.24) is 0 Å². The minimum Gasteiger partial charge on any atom is -0.497 e. The monoisotopic (exact) mass is 474 g/mol. The van der Waals surface area contributed by atoms with Gasteiger partial charge in [-0.2, -0.15) is 0 Å². The SMILES string of the molecule is COc1ccc(OC)c(NC(=O)Nc2ccc(C)c(S(=O)(=O)Cc3ccc(Cl)cc3)c2)c1. The number of rotatable bonds is 7. The summed E-state index contributed by atoms with van der Waals surface area (Å²) in [6, 6.07) is 15.8. The van der Waals surface area contributed by atoms with Crippen LogP contribution >= 0.6 is 11.6 Å². The van der Waals surface area contributed by atoms with E-state index in [1.165, 1.54) is 20.3 Å². The first-order chi connectivity index (χ1) is 15.2. The number of carbonyl (C=O) groups excluding carboxylic acids is 1. The van der Waals surface area contributed by atoms with Gasteiger partial charge in [0.2, 0.25) is 0 Å². The first-order valence-corrected chi connectivity index (χ1v) is 11.6. The van der Waals surface area contributed by atoms with E-state index in [2.05, 4.69) is 10.6 Å². The summed E-state index contributed by atoms with van der Waals surface area (Å²) in [5.74, 6) is 0.824. The molecule has 2 N–H and O–H groups in total. The third kappa shape index (κ3) is 5.72. The Hall–Kier alpha value is -3.23. The molecule has 0 radical (unpaired) electrons. The molecule has 2 amide bonds. The fraction of sp³-hybridized carbons (Fsp3) is 0.174. The molecule has 3 aromatic rings. The Morgan fingerprint density at radius 1 is 0.938 bits per heavy atom. The minimum absolute atomic E-state index is 0.143. The van der Waals surface area contributed by atoms with Crippen LogP contribution in [0.4, 0.5) is 16.2 Å². The van der Waals surface area contributed by atoms with Gasteiger partial charge in [-0.3, -0.25) is 0 Å². The number of sulfone groups is 1. The fourth-order valence-corrected chi connectivity index (χ4v) is 4.87. The fourth-order valence-electron chi connectivity index (χ4n) is 3.09. The van der Waals surface area contributed by atoms with Crippen LogP contribution in [-0.4, -0.2) is 28.7 Å². The van der Waals surface area contributed by atoms with Crippen molar-refractivity contribution in [3.8, 4) is 11.5 Å². The summed E-state index contributed by atoms with van der Waals surface area (Å²) in [7, 11) is -0.638. The van der Waals surface area contributed by atoms with E-state index >= 15 is 0 Å². The van der Waals surface area contributed by atoms with Gasteiger partial charge in [-0.15, -0.1) is 0 Å². The van der Waals surface area contributed by atoms with Gasteiger partial charge in [0.05, 0.1) is 30.6 Å². The largest absolute Gasteiger partial charge is 0.497 e. The summed E-state index contributed by atoms with van der Waals surface area (Å²) in [4.78, 5) is 12.7. The van der Waals surface area contributed by atoms with Crippen molar-refractivity contribution in [2.75, 3.05) is 24.9 Å². The highest BCUT2D eigenvalue weighted by Gasteiger charge is 2.19. The highest BCUT2D eigenvalue weighted by Crippen LogP contribution is 2.29. The molecule has 0 fully saturated rings. The van der Waals surface area contributed by atoms with Gasteiger partial charge in [-0.05, 0) is 54.4 Å². The third-order valence-corrected chi connectivity index (χ3v) is 6.78. The number of urea groups is 1. The zero-order valence-corrected chi connectivity index (χ0v) is 19.4. The standard InChI is InChI=1S/C23H23ClN2O5S/c1-15-4-9-18(12-22(15)32(28,29)14-16-5-7-17(24)8-6-16)25-23(27)26-20-13-19(30-2)10-11-21(20)31-3/h4-13H,14H2,1-3H3,(H2,25,26,27). The summed E-state index contributed by atoms with van der Waals surface area (Å²) in [5.41, 5.74) is 1.95. The number of hydrogen-bond acceptors (Lipinski definition) is 5. The Kier molecular flexibility index (Phi) is 7.27. The summed E-state index contributed by atoms with van der Waals surface area (Å²) < 4.78 is 36.4. The molecule has 32 heavy (non-hydrogen) atoms. The number of halogens is 1. The lowest BCUT2D eigenvalue weighted by Crippen LogP contribution is -2.20. The van der Waals surface area contributed by atoms with Crippen LogP contribution in [0.2, 0.25) is 5.02 Å². The second kappa shape index (κ2) is 9.93. The molecule has 9 heteroatoms. The van der Waals surface area contributed by atoms with E-state index in [4.69, 9.17) is 21.1 Å². The zero-order chi connectivity index (χ0) is 23.3. The number of methoxy groups -OCH3 is 2. The van der Waals surface area contributed by atoms with E-state index < -0.39 is 15.9 Å². The van der Waals surface area contributed by atoms with Gasteiger partial charge in [0.25, 0.3) is 0 Å². The highest BCUT2D eigenvalue weighted by molar-refractivity contribution is 7.90. The van der Waals surface area contributed by atoms with Crippen molar-refractivity contribution in [2.24, 2.45) is 0 Å². The van der Waals surface area contributed by atoms with E-state index in [0.29, 0.717) is 39.0 Å². The van der Waals surface area contributed by atoms with Crippen LogP contribution in [-0.2, 0) is 15.6 Å². The topological polar surface area (TPSA) is 93.7 Å². The number of nitrogens with one attached hydrogen (secondary N) is 2. The van der Waals surface area contributed by atoms with Gasteiger partial charge in [0.15, 0.2) is 9.84 Å². The number of carbonyl (C=O) groups is 1. The van der Waals surface area contributed by atoms with Crippen LogP contribution in [0.25, 0.3) is 0 Å². The third-order valence-electron chi connectivity index (χ3n) is 4.71. The predicted octanol–water partition coefficient (Wildman–Crippen LogP) is 5.28. The second-order valence-electron chi connectivity index (χ2n) is 7.01. The molecule has 3 aromatic carbocycles. The molecule has 0 heterocycles. The number of amides is 2. The molecule has 0 spiro atoms. The number of benzene rings is 3. The van der Waals surface area contributed by atoms with Gasteiger partial charge in [0, 0.05) is 16.8 Å². The van der Waals surface area contributed by atoms with Gasteiger partial charge in [-0.25, -0.2) is 13.2 Å². The number of hydrogen-bond donors (Lipinski definition) is 2. The highest BCUT2D eigenvalue weighted by atomic mass is 35.5. The molecule has 168 valence electrons. The molecule has 7 nitrogen and oxygen atoms in total. The number of aryl methyl sites for hydroxylation is 1. The Bertz CT molecular complexity index is 1230. The van der Waals surface area contributed by atoms with Crippen LogP contribution in [0, 0.1) is 6.92 Å². The van der Waals surface area contributed by atoms with Gasteiger partial charge >= 0.3 is 6.03 Å². The Morgan fingerprint density at radius 2 is 1.66 bits per heavy atom. The van der Waals surface area contributed by atoms with Crippen molar-refractivity contribution in [3.63, 3.8) is 0 Å². The maximum Gasteiger partial charge on any atom is 0.323 e. The maximum atomic E-state index is 13.0. The van der Waals surface area contributed by atoms with Crippen molar-refractivity contribution in [2.45, 2.75) is 17.6 Å². The molecule has 0 saturated carbocycles. The van der Waals surface area contributed by atoms with E-state index in [-0.39, 0.29) is 10.6 Å². The van der Waals surface area contributed by atoms with Crippen molar-refractivity contribution < 1.29 is 22.7 Å². The lowest BCUT2D eigenvalue weighted by molar-refractivity contribution is 0.262. The van der Waals surface area contributed by atoms with E-state index in [1.807, 2.05) is 0 Å². The normalized spacial score (nSPS) is 11.0. The van der Waals surface area contributed by atoms with E-state index in [9.17, 15) is 13.2 Å². The van der Waals surface area contributed by atoms with Gasteiger partial charge in [-0.1, -0.05) is 29.8 Å². The Balaban J connectivity index is 1.79. The van der Waals surface area contributed by atoms with E-state index in [1.54, 1.807) is 61.5 Å². The summed E-state index contributed by atoms with van der Waals surface area (Å²) >= 11 is 5.88. The molecule has 0 aliphatic rings. The molecule has 3 rings (SSSR count). The molecular weight excluding hydrogens is 452 g/mol. The molecule has 0 bridgehead atoms. The van der Waals surface area contributed by atoms with Crippen LogP contribution < -0.4 is 20.1 Å². The number of anilines is 2.